The van der Waals surface area contributed by atoms with Crippen LogP contribution in [0.15, 0.2) is 0 Å². The zero-order valence-electron chi connectivity index (χ0n) is 10.4. The third-order valence-electron chi connectivity index (χ3n) is 3.37. The van der Waals surface area contributed by atoms with Crippen molar-refractivity contribution in [1.29, 1.82) is 0 Å². The van der Waals surface area contributed by atoms with Crippen LogP contribution in [0.25, 0.3) is 0 Å². The van der Waals surface area contributed by atoms with Crippen LogP contribution < -0.4 is 5.73 Å². The van der Waals surface area contributed by atoms with Crippen LogP contribution in [0.3, 0.4) is 0 Å². The second kappa shape index (κ2) is 6.28. The molecule has 98 valence electrons. The second-order valence-corrected chi connectivity index (χ2v) is 4.59. The molecular weight excluding hydrogens is 240 g/mol. The summed E-state index contributed by atoms with van der Waals surface area (Å²) in [7, 11) is 1.79. The molecule has 0 radical (unpaired) electrons. The number of piperidine rings is 1. The highest BCUT2D eigenvalue weighted by molar-refractivity contribution is 5.85. The van der Waals surface area contributed by atoms with Crippen LogP contribution in [-0.2, 0) is 13.6 Å². The molecule has 7 heteroatoms. The third kappa shape index (κ3) is 3.37. The highest BCUT2D eigenvalue weighted by Gasteiger charge is 2.28. The summed E-state index contributed by atoms with van der Waals surface area (Å²) in [6.07, 6.45) is 2.50. The topological polar surface area (TPSA) is 72.9 Å². The molecule has 17 heavy (non-hydrogen) atoms. The summed E-state index contributed by atoms with van der Waals surface area (Å²) < 4.78 is 0. The first kappa shape index (κ1) is 14.3. The van der Waals surface area contributed by atoms with Crippen molar-refractivity contribution in [3.05, 3.63) is 5.82 Å². The Kier molecular flexibility index (Phi) is 5.30. The lowest BCUT2D eigenvalue weighted by molar-refractivity contribution is 0.0962. The summed E-state index contributed by atoms with van der Waals surface area (Å²) in [4.78, 5) is 3.88. The van der Waals surface area contributed by atoms with Crippen molar-refractivity contribution >= 4 is 12.4 Å². The lowest BCUT2D eigenvalue weighted by atomic mass is 9.91. The number of aryl methyl sites for hydroxylation is 1. The monoisotopic (exact) mass is 260 g/mol. The Labute approximate surface area is 108 Å². The molecule has 0 saturated carbocycles. The van der Waals surface area contributed by atoms with Gasteiger partial charge in [0.15, 0.2) is 5.82 Å². The Hall–Kier alpha value is -0.720. The minimum absolute atomic E-state index is 0. The molecule has 1 aromatic rings. The van der Waals surface area contributed by atoms with E-state index in [-0.39, 0.29) is 12.4 Å². The van der Waals surface area contributed by atoms with Crippen LogP contribution in [0.1, 0.15) is 25.6 Å². The van der Waals surface area contributed by atoms with Crippen molar-refractivity contribution in [3.63, 3.8) is 0 Å². The minimum atomic E-state index is 0. The fourth-order valence-corrected chi connectivity index (χ4v) is 2.48. The van der Waals surface area contributed by atoms with Gasteiger partial charge in [-0.1, -0.05) is 6.92 Å². The predicted molar refractivity (Wildman–Crippen MR) is 67.7 cm³/mol. The van der Waals surface area contributed by atoms with Gasteiger partial charge in [0.1, 0.15) is 0 Å². The van der Waals surface area contributed by atoms with E-state index in [1.54, 1.807) is 7.05 Å². The first-order chi connectivity index (χ1) is 7.70. The maximum absolute atomic E-state index is 5.84. The Bertz CT molecular complexity index is 341. The lowest BCUT2D eigenvalue weighted by Crippen LogP contribution is -2.48. The van der Waals surface area contributed by atoms with E-state index in [2.05, 4.69) is 27.2 Å². The summed E-state index contributed by atoms with van der Waals surface area (Å²) in [5.41, 5.74) is 5.84. The van der Waals surface area contributed by atoms with E-state index < -0.39 is 0 Å². The van der Waals surface area contributed by atoms with Crippen molar-refractivity contribution in [3.8, 4) is 0 Å². The van der Waals surface area contributed by atoms with E-state index in [9.17, 15) is 0 Å². The van der Waals surface area contributed by atoms with Crippen molar-refractivity contribution in [2.24, 2.45) is 18.7 Å². The molecule has 2 N–H and O–H groups in total. The van der Waals surface area contributed by atoms with E-state index in [1.165, 1.54) is 17.6 Å². The van der Waals surface area contributed by atoms with Gasteiger partial charge in [0.05, 0.1) is 13.6 Å². The van der Waals surface area contributed by atoms with Crippen LogP contribution in [0.2, 0.25) is 0 Å². The molecule has 1 saturated heterocycles. The zero-order chi connectivity index (χ0) is 11.5. The highest BCUT2D eigenvalue weighted by Crippen LogP contribution is 2.23. The van der Waals surface area contributed by atoms with Gasteiger partial charge in [0, 0.05) is 12.6 Å². The Balaban J connectivity index is 0.00000144. The van der Waals surface area contributed by atoms with Crippen molar-refractivity contribution in [2.75, 3.05) is 13.1 Å². The highest BCUT2D eigenvalue weighted by atomic mass is 35.5. The molecule has 2 heterocycles. The van der Waals surface area contributed by atoms with Gasteiger partial charge in [0.2, 0.25) is 0 Å². The molecule has 2 rings (SSSR count). The number of rotatable bonds is 3. The maximum Gasteiger partial charge on any atom is 0.188 e. The van der Waals surface area contributed by atoms with Gasteiger partial charge < -0.3 is 5.73 Å². The fourth-order valence-electron chi connectivity index (χ4n) is 2.48. The van der Waals surface area contributed by atoms with Gasteiger partial charge in [-0.15, -0.1) is 22.6 Å². The van der Waals surface area contributed by atoms with Gasteiger partial charge in [0.25, 0.3) is 0 Å². The number of nitrogens with zero attached hydrogens (tertiary/aromatic N) is 5. The molecule has 1 aliphatic heterocycles. The molecule has 1 aromatic heterocycles. The summed E-state index contributed by atoms with van der Waals surface area (Å²) >= 11 is 0. The number of hydrogen-bond donors (Lipinski definition) is 1. The first-order valence-corrected chi connectivity index (χ1v) is 5.87. The molecular formula is C10H21ClN6. The molecule has 0 bridgehead atoms. The number of tetrazole rings is 1. The summed E-state index contributed by atoms with van der Waals surface area (Å²) in [5.74, 6) is 1.45. The maximum atomic E-state index is 5.84. The van der Waals surface area contributed by atoms with E-state index in [0.29, 0.717) is 18.5 Å². The summed E-state index contributed by atoms with van der Waals surface area (Å²) in [6.45, 7) is 4.83. The normalized spacial score (nSPS) is 25.6. The Morgan fingerprint density at radius 3 is 2.82 bits per heavy atom. The number of likely N-dealkylation sites (tertiary alicyclic amines) is 1. The standard InChI is InChI=1S/C10H20N6.ClH/c1-8-4-3-5-16(9(8)6-11)7-10-12-14-15(2)13-10;/h8-9H,3-7,11H2,1-2H3;1H. The molecule has 0 aromatic carbocycles. The molecule has 1 aliphatic rings. The zero-order valence-corrected chi connectivity index (χ0v) is 11.2. The molecule has 0 aliphatic carbocycles. The number of halogens is 1. The number of nitrogens with two attached hydrogens (primary N) is 1. The smallest absolute Gasteiger partial charge is 0.188 e. The van der Waals surface area contributed by atoms with Crippen molar-refractivity contribution < 1.29 is 0 Å². The van der Waals surface area contributed by atoms with E-state index in [1.807, 2.05) is 0 Å². The van der Waals surface area contributed by atoms with Gasteiger partial charge >= 0.3 is 0 Å². The number of hydrogen-bond acceptors (Lipinski definition) is 5. The summed E-state index contributed by atoms with van der Waals surface area (Å²) in [6, 6.07) is 0.456. The number of aromatic nitrogens is 4. The molecule has 0 spiro atoms. The van der Waals surface area contributed by atoms with Gasteiger partial charge in [-0.05, 0) is 30.5 Å². The first-order valence-electron chi connectivity index (χ1n) is 5.87. The van der Waals surface area contributed by atoms with Crippen LogP contribution in [0.5, 0.6) is 0 Å². The second-order valence-electron chi connectivity index (χ2n) is 4.59. The molecule has 0 amide bonds. The SMILES string of the molecule is CC1CCCN(Cc2nnn(C)n2)C1CN.Cl. The quantitative estimate of drug-likeness (QED) is 0.840. The molecule has 2 unspecified atom stereocenters. The van der Waals surface area contributed by atoms with E-state index in [0.717, 1.165) is 18.9 Å². The average Bonchev–Trinajstić information content (AvgIpc) is 2.64. The fraction of sp³-hybridized carbons (Fsp3) is 0.900. The van der Waals surface area contributed by atoms with Crippen LogP contribution in [0.4, 0.5) is 0 Å². The molecule has 2 atom stereocenters. The largest absolute Gasteiger partial charge is 0.329 e. The minimum Gasteiger partial charge on any atom is -0.329 e. The average molecular weight is 261 g/mol. The Morgan fingerprint density at radius 2 is 2.24 bits per heavy atom. The van der Waals surface area contributed by atoms with Gasteiger partial charge in [-0.2, -0.15) is 4.80 Å². The third-order valence-corrected chi connectivity index (χ3v) is 3.37. The lowest BCUT2D eigenvalue weighted by Gasteiger charge is -2.38. The van der Waals surface area contributed by atoms with Crippen LogP contribution in [0, 0.1) is 5.92 Å². The Morgan fingerprint density at radius 1 is 1.47 bits per heavy atom. The van der Waals surface area contributed by atoms with Crippen LogP contribution >= 0.6 is 12.4 Å². The molecule has 6 nitrogen and oxygen atoms in total. The summed E-state index contributed by atoms with van der Waals surface area (Å²) in [5, 5.41) is 12.1. The predicted octanol–water partition coefficient (Wildman–Crippen LogP) is 0.191. The van der Waals surface area contributed by atoms with Crippen molar-refractivity contribution in [1.82, 2.24) is 25.1 Å². The van der Waals surface area contributed by atoms with Crippen molar-refractivity contribution in [2.45, 2.75) is 32.4 Å². The van der Waals surface area contributed by atoms with E-state index in [4.69, 9.17) is 5.73 Å². The van der Waals surface area contributed by atoms with Gasteiger partial charge in [-0.25, -0.2) is 0 Å². The molecule has 1 fully saturated rings. The van der Waals surface area contributed by atoms with Gasteiger partial charge in [-0.3, -0.25) is 4.90 Å². The van der Waals surface area contributed by atoms with E-state index >= 15 is 0 Å². The van der Waals surface area contributed by atoms with Crippen LogP contribution in [-0.4, -0.2) is 44.2 Å².